The third kappa shape index (κ3) is 3.07. The molecule has 6 heterocycles. The highest BCUT2D eigenvalue weighted by atomic mass is 31.2. The zero-order valence-corrected chi connectivity index (χ0v) is 19.3. The van der Waals surface area contributed by atoms with Crippen LogP contribution < -0.4 is 4.90 Å². The van der Waals surface area contributed by atoms with Crippen LogP contribution in [0.25, 0.3) is 22.6 Å². The van der Waals surface area contributed by atoms with E-state index in [4.69, 9.17) is 18.3 Å². The normalized spacial score (nSPS) is 29.1. The fraction of sp³-hybridized carbons (Fsp3) is 0.350. The van der Waals surface area contributed by atoms with E-state index in [9.17, 15) is 18.9 Å². The number of aromatic nitrogens is 5. The summed E-state index contributed by atoms with van der Waals surface area (Å²) in [5.74, 6) is -5.34. The number of hydrogen-bond donors (Lipinski definition) is 1. The number of ether oxygens (including phenoxy) is 1. The highest BCUT2D eigenvalue weighted by Crippen LogP contribution is 2.81. The third-order valence-electron chi connectivity index (χ3n) is 5.85. The smallest absolute Gasteiger partial charge is 0.404 e. The van der Waals surface area contributed by atoms with Crippen LogP contribution in [0.15, 0.2) is 36.5 Å². The Morgan fingerprint density at radius 2 is 2.03 bits per heavy atom. The molecule has 36 heavy (non-hydrogen) atoms. The van der Waals surface area contributed by atoms with Crippen molar-refractivity contribution in [3.63, 3.8) is 0 Å². The standard InChI is InChI=1S/C20H17F2N6O7P/c1-2-7-27-25-17(24-26-27)15-6-3-11(10-23-15)13-5-4-12(8-14(13)22)28-18(30)32-19(16(29)9-21)20(28)34-36(31,33-19)35-20/h3-6,8,10,16,29H,2,7,9H2,1H3/t16-,19+,20?,36?/m0/s1. The summed E-state index contributed by atoms with van der Waals surface area (Å²) >= 11 is 0. The number of nitrogens with zero attached hydrogens (tertiary/aromatic N) is 6. The summed E-state index contributed by atoms with van der Waals surface area (Å²) in [6, 6.07) is 6.91. The number of anilines is 1. The Labute approximate surface area is 201 Å². The molecule has 4 aliphatic heterocycles. The van der Waals surface area contributed by atoms with Crippen molar-refractivity contribution in [1.29, 1.82) is 0 Å². The molecule has 4 saturated heterocycles. The third-order valence-corrected chi connectivity index (χ3v) is 7.29. The Hall–Kier alpha value is -3.36. The topological polar surface area (TPSA) is 151 Å². The number of aliphatic hydroxyl groups excluding tert-OH is 1. The van der Waals surface area contributed by atoms with Gasteiger partial charge in [0.05, 0.1) is 12.2 Å². The number of alkyl halides is 1. The van der Waals surface area contributed by atoms with Gasteiger partial charge >= 0.3 is 25.6 Å². The molecular formula is C20H17F2N6O7P. The van der Waals surface area contributed by atoms with E-state index in [0.29, 0.717) is 28.5 Å². The van der Waals surface area contributed by atoms with Gasteiger partial charge in [0, 0.05) is 17.3 Å². The number of aryl methyl sites for hydroxylation is 1. The fourth-order valence-electron chi connectivity index (χ4n) is 4.23. The largest absolute Gasteiger partial charge is 0.486 e. The lowest BCUT2D eigenvalue weighted by Gasteiger charge is -2.39. The number of carbonyl (C=O) groups excluding carboxylic acids is 1. The van der Waals surface area contributed by atoms with Crippen LogP contribution in [-0.4, -0.2) is 60.9 Å². The van der Waals surface area contributed by atoms with Crippen LogP contribution in [0.2, 0.25) is 0 Å². The van der Waals surface area contributed by atoms with E-state index in [1.807, 2.05) is 6.92 Å². The number of halogens is 2. The van der Waals surface area contributed by atoms with Crippen molar-refractivity contribution in [3.8, 4) is 22.6 Å². The van der Waals surface area contributed by atoms with Crippen LogP contribution in [-0.2, 0) is 29.4 Å². The van der Waals surface area contributed by atoms with E-state index in [-0.39, 0.29) is 11.3 Å². The van der Waals surface area contributed by atoms with Gasteiger partial charge in [0.1, 0.15) is 18.2 Å². The Balaban J connectivity index is 1.30. The minimum Gasteiger partial charge on any atom is -0.404 e. The molecule has 2 bridgehead atoms. The maximum Gasteiger partial charge on any atom is 0.486 e. The van der Waals surface area contributed by atoms with Gasteiger partial charge in [-0.1, -0.05) is 13.0 Å². The SMILES string of the molecule is CCCn1nnc(-c2ccc(-c3ccc(N4C(=O)O[C@]5([C@@H](O)CF)OP6(=O)OC45O6)cc3F)cn2)n1. The number of benzene rings is 1. The van der Waals surface area contributed by atoms with Crippen molar-refractivity contribution >= 4 is 19.6 Å². The predicted molar refractivity (Wildman–Crippen MR) is 114 cm³/mol. The van der Waals surface area contributed by atoms with Gasteiger partial charge in [0.25, 0.3) is 0 Å². The van der Waals surface area contributed by atoms with E-state index in [1.165, 1.54) is 23.1 Å². The average molecular weight is 522 g/mol. The minimum absolute atomic E-state index is 0.132. The molecule has 0 unspecified atom stereocenters. The number of phosphoric ester groups is 1. The van der Waals surface area contributed by atoms with E-state index in [0.717, 1.165) is 12.5 Å². The number of rotatable bonds is 7. The summed E-state index contributed by atoms with van der Waals surface area (Å²) in [5.41, 5.74) is 0.874. The Kier molecular flexibility index (Phi) is 5.01. The molecular weight excluding hydrogens is 505 g/mol. The molecule has 13 nitrogen and oxygen atoms in total. The molecule has 0 radical (unpaired) electrons. The molecule has 4 aliphatic rings. The highest BCUT2D eigenvalue weighted by molar-refractivity contribution is 7.50. The number of amides is 1. The zero-order valence-electron chi connectivity index (χ0n) is 18.4. The van der Waals surface area contributed by atoms with Gasteiger partial charge in [0.2, 0.25) is 5.82 Å². The first-order valence-electron chi connectivity index (χ1n) is 10.8. The quantitative estimate of drug-likeness (QED) is 0.456. The van der Waals surface area contributed by atoms with Crippen LogP contribution in [0.3, 0.4) is 0 Å². The van der Waals surface area contributed by atoms with Crippen LogP contribution in [0.4, 0.5) is 19.3 Å². The van der Waals surface area contributed by atoms with Crippen molar-refractivity contribution < 1.29 is 41.6 Å². The Bertz CT molecular complexity index is 1410. The second-order valence-electron chi connectivity index (χ2n) is 8.15. The molecule has 2 atom stereocenters. The molecule has 1 amide bonds. The molecule has 4 fully saturated rings. The van der Waals surface area contributed by atoms with Crippen molar-refractivity contribution in [3.05, 3.63) is 42.3 Å². The van der Waals surface area contributed by atoms with E-state index < -0.39 is 44.2 Å². The van der Waals surface area contributed by atoms with E-state index >= 15 is 4.39 Å². The maximum atomic E-state index is 15.2. The summed E-state index contributed by atoms with van der Waals surface area (Å²) in [5, 5.41) is 22.2. The first-order chi connectivity index (χ1) is 17.2. The first kappa shape index (κ1) is 23.1. The number of hydrogen-bond acceptors (Lipinski definition) is 11. The molecule has 1 N–H and O–H groups in total. The minimum atomic E-state index is -4.17. The van der Waals surface area contributed by atoms with Crippen LogP contribution >= 0.6 is 7.82 Å². The van der Waals surface area contributed by atoms with Gasteiger partial charge in [0.15, 0.2) is 6.10 Å². The van der Waals surface area contributed by atoms with Crippen molar-refractivity contribution in [2.75, 3.05) is 11.6 Å². The molecule has 3 aromatic rings. The van der Waals surface area contributed by atoms with Gasteiger partial charge < -0.3 is 9.84 Å². The molecule has 7 rings (SSSR count). The lowest BCUT2D eigenvalue weighted by atomic mass is 10.0. The number of phosphoric acid groups is 1. The lowest BCUT2D eigenvalue weighted by molar-refractivity contribution is -0.282. The number of aliphatic hydroxyl groups is 1. The fourth-order valence-corrected chi connectivity index (χ4v) is 5.95. The highest BCUT2D eigenvalue weighted by Gasteiger charge is 2.91. The number of tetrazole rings is 1. The summed E-state index contributed by atoms with van der Waals surface area (Å²) in [6.45, 7) is 1.18. The second kappa shape index (κ2) is 7.82. The zero-order chi connectivity index (χ0) is 25.3. The molecule has 1 spiro atoms. The van der Waals surface area contributed by atoms with Crippen molar-refractivity contribution in [1.82, 2.24) is 25.2 Å². The summed E-state index contributed by atoms with van der Waals surface area (Å²) in [6.07, 6.45) is -0.985. The average Bonchev–Trinajstić information content (AvgIpc) is 3.52. The summed E-state index contributed by atoms with van der Waals surface area (Å²) in [7, 11) is -4.17. The maximum absolute atomic E-state index is 15.2. The summed E-state index contributed by atoms with van der Waals surface area (Å²) < 4.78 is 61.1. The molecule has 16 heteroatoms. The van der Waals surface area contributed by atoms with E-state index in [1.54, 1.807) is 12.1 Å². The second-order valence-corrected chi connectivity index (χ2v) is 9.59. The number of carbonyl (C=O) groups is 1. The first-order valence-corrected chi connectivity index (χ1v) is 12.2. The van der Waals surface area contributed by atoms with Crippen molar-refractivity contribution in [2.24, 2.45) is 0 Å². The van der Waals surface area contributed by atoms with Gasteiger partial charge in [-0.2, -0.15) is 4.80 Å². The van der Waals surface area contributed by atoms with Crippen LogP contribution in [0.1, 0.15) is 13.3 Å². The monoisotopic (exact) mass is 522 g/mol. The summed E-state index contributed by atoms with van der Waals surface area (Å²) in [4.78, 5) is 19.0. The van der Waals surface area contributed by atoms with Gasteiger partial charge in [-0.15, -0.1) is 10.2 Å². The van der Waals surface area contributed by atoms with Gasteiger partial charge in [-0.05, 0) is 35.9 Å². The molecule has 188 valence electrons. The molecule has 1 aromatic carbocycles. The predicted octanol–water partition coefficient (Wildman–Crippen LogP) is 2.77. The Morgan fingerprint density at radius 1 is 1.22 bits per heavy atom. The van der Waals surface area contributed by atoms with Gasteiger partial charge in [-0.3, -0.25) is 4.98 Å². The van der Waals surface area contributed by atoms with Crippen LogP contribution in [0, 0.1) is 5.82 Å². The van der Waals surface area contributed by atoms with Crippen LogP contribution in [0.5, 0.6) is 0 Å². The number of pyridine rings is 1. The van der Waals surface area contributed by atoms with E-state index in [2.05, 4.69) is 20.4 Å². The molecule has 0 aliphatic carbocycles. The molecule has 0 saturated carbocycles. The van der Waals surface area contributed by atoms with Gasteiger partial charge in [-0.25, -0.2) is 36.6 Å². The lowest BCUT2D eigenvalue weighted by Crippen LogP contribution is -2.64. The molecule has 2 aromatic heterocycles. The van der Waals surface area contributed by atoms with Crippen molar-refractivity contribution in [2.45, 2.75) is 37.7 Å². The Morgan fingerprint density at radius 3 is 2.69 bits per heavy atom.